The molecule has 3 aliphatic carbocycles. The number of morpholine rings is 1. The lowest BCUT2D eigenvalue weighted by Gasteiger charge is -2.38. The molecule has 0 bridgehead atoms. The van der Waals surface area contributed by atoms with Crippen molar-refractivity contribution < 1.29 is 85.7 Å². The highest BCUT2D eigenvalue weighted by Gasteiger charge is 2.40. The standard InChI is InChI=1S/C32H50O3.C29H46O3.C23H30N2O2.C18H26O6.C13H16O4/c1-3-5-8-11-26-12-14-27(15-13-26)28-16-18-29(19-17-28)30-20-22-31(23-21-30)34-24-9-6-7-10-25-35-32(33)4-2;1-4-5-6-7-10-13-25-14-16-26(17-15-25)27-18-20-28(21-19-27)31-22-11-8-9-12-23-32-29(30)24(2)3;1-4-23(24(2)3,18-19-8-6-5-7-9-19)22(26)20-10-12-21(13-11-20)25-14-16-27-17-15-25;1-8-18(9-22-15(19)12(2)3,10-23-16(20)13(4)5)11-24-17(21)14(6)7;1-2-13(14)17-11-9-15-8-10-16-12-6-4-3-5-7-12/h4,20-23,26-29H,2-3,5-19,24-25H2,1H3;18-21,25-26H,2,4-17,22-23H2,1,3H3;5-13H,4,14-18H2,1-3H3;2,4,6,8-11H2,1,3,5,7H3;2-7H,1,8-11H2. The average Bonchev–Trinajstić information content (AvgIpc) is 0.789. The molecule has 0 aromatic heterocycles. The lowest BCUT2D eigenvalue weighted by molar-refractivity contribution is -0.157. The summed E-state index contributed by atoms with van der Waals surface area (Å²) in [6.07, 6.45) is 43.7. The van der Waals surface area contributed by atoms with E-state index in [2.05, 4.69) is 143 Å². The summed E-state index contributed by atoms with van der Waals surface area (Å²) < 4.78 is 58.3. The Morgan fingerprint density at radius 1 is 0.400 bits per heavy atom. The van der Waals surface area contributed by atoms with E-state index in [1.165, 1.54) is 185 Å². The van der Waals surface area contributed by atoms with Crippen molar-refractivity contribution in [2.45, 2.75) is 285 Å². The van der Waals surface area contributed by atoms with Gasteiger partial charge in [0.15, 0.2) is 5.78 Å². The molecule has 1 atom stereocenters. The summed E-state index contributed by atoms with van der Waals surface area (Å²) in [5.41, 5.74) is 5.92. The molecule has 1 unspecified atom stereocenters. The van der Waals surface area contributed by atoms with Gasteiger partial charge in [0.05, 0.1) is 63.8 Å². The Morgan fingerprint density at radius 3 is 1.22 bits per heavy atom. The maximum Gasteiger partial charge on any atom is 0.333 e. The van der Waals surface area contributed by atoms with Gasteiger partial charge >= 0.3 is 35.8 Å². The molecule has 746 valence electrons. The van der Waals surface area contributed by atoms with Crippen LogP contribution >= 0.6 is 0 Å². The molecule has 0 spiro atoms. The van der Waals surface area contributed by atoms with Crippen LogP contribution in [0.4, 0.5) is 5.69 Å². The summed E-state index contributed by atoms with van der Waals surface area (Å²) in [5.74, 6) is 5.68. The van der Waals surface area contributed by atoms with Crippen LogP contribution in [0.1, 0.15) is 300 Å². The molecule has 135 heavy (non-hydrogen) atoms. The molecule has 3 saturated carbocycles. The second-order valence-corrected chi connectivity index (χ2v) is 37.2. The predicted octanol–water partition coefficient (Wildman–Crippen LogP) is 25.6. The lowest BCUT2D eigenvalue weighted by Crippen LogP contribution is -2.52. The van der Waals surface area contributed by atoms with E-state index in [4.69, 9.17) is 52.1 Å². The monoisotopic (exact) mass is 1870 g/mol. The first-order chi connectivity index (χ1) is 65.2. The molecular weight excluding hydrogens is 1700 g/mol. The predicted molar refractivity (Wildman–Crippen MR) is 545 cm³/mol. The number of benzene rings is 5. The molecule has 1 aliphatic heterocycles. The van der Waals surface area contributed by atoms with Crippen LogP contribution in [0.5, 0.6) is 17.2 Å². The molecule has 0 amide bonds. The van der Waals surface area contributed by atoms with E-state index in [1.807, 2.05) is 81.7 Å². The number of carbonyl (C=O) groups excluding carboxylic acids is 7. The molecule has 4 aliphatic rings. The number of Topliss-reactive ketones (excluding diaryl/α,β-unsaturated/α-hetero) is 1. The maximum absolute atomic E-state index is 13.6. The topological polar surface area (TPSA) is 227 Å². The van der Waals surface area contributed by atoms with E-state index < -0.39 is 34.8 Å². The molecule has 1 saturated heterocycles. The number of hydrogen-bond donors (Lipinski definition) is 0. The number of anilines is 1. The van der Waals surface area contributed by atoms with Crippen molar-refractivity contribution in [3.05, 3.63) is 230 Å². The number of esters is 6. The zero-order valence-electron chi connectivity index (χ0n) is 84.2. The zero-order valence-corrected chi connectivity index (χ0v) is 84.2. The van der Waals surface area contributed by atoms with Crippen LogP contribution in [0.3, 0.4) is 0 Å². The van der Waals surface area contributed by atoms with Gasteiger partial charge in [-0.1, -0.05) is 217 Å². The van der Waals surface area contributed by atoms with Crippen molar-refractivity contribution in [1.29, 1.82) is 0 Å². The Labute approximate surface area is 811 Å². The van der Waals surface area contributed by atoms with Crippen LogP contribution in [0.25, 0.3) is 0 Å². The van der Waals surface area contributed by atoms with Gasteiger partial charge in [-0.15, -0.1) is 0 Å². The molecule has 5 aromatic rings. The normalized spacial score (nSPS) is 17.2. The van der Waals surface area contributed by atoms with Crippen molar-refractivity contribution in [2.24, 2.45) is 29.1 Å². The highest BCUT2D eigenvalue weighted by molar-refractivity contribution is 6.03. The van der Waals surface area contributed by atoms with Gasteiger partial charge in [0.2, 0.25) is 0 Å². The summed E-state index contributed by atoms with van der Waals surface area (Å²) in [7, 11) is 4.01. The van der Waals surface area contributed by atoms with Gasteiger partial charge in [0.1, 0.15) is 50.3 Å². The number of nitrogens with zero attached hydrogens (tertiary/aromatic N) is 2. The molecule has 0 radical (unpaired) electrons. The highest BCUT2D eigenvalue weighted by Crippen LogP contribution is 2.46. The fourth-order valence-electron chi connectivity index (χ4n) is 17.5. The van der Waals surface area contributed by atoms with Crippen molar-refractivity contribution in [1.82, 2.24) is 4.90 Å². The fourth-order valence-corrected chi connectivity index (χ4v) is 17.5. The largest absolute Gasteiger partial charge is 0.494 e. The van der Waals surface area contributed by atoms with Gasteiger partial charge in [-0.05, 0) is 289 Å². The summed E-state index contributed by atoms with van der Waals surface area (Å²) >= 11 is 0. The molecule has 0 N–H and O–H groups in total. The van der Waals surface area contributed by atoms with Crippen LogP contribution in [0, 0.1) is 29.1 Å². The van der Waals surface area contributed by atoms with Gasteiger partial charge < -0.3 is 57.0 Å². The molecular formula is C115H168N2O18. The summed E-state index contributed by atoms with van der Waals surface area (Å²) in [5, 5.41) is 0. The number of para-hydroxylation sites is 1. The van der Waals surface area contributed by atoms with Crippen molar-refractivity contribution >= 4 is 47.3 Å². The van der Waals surface area contributed by atoms with E-state index in [0.717, 1.165) is 167 Å². The summed E-state index contributed by atoms with van der Waals surface area (Å²) in [6, 6.07) is 45.7. The van der Waals surface area contributed by atoms with E-state index in [1.54, 1.807) is 6.92 Å². The molecule has 20 heteroatoms. The first kappa shape index (κ1) is 116. The van der Waals surface area contributed by atoms with E-state index in [9.17, 15) is 33.6 Å². The van der Waals surface area contributed by atoms with E-state index >= 15 is 0 Å². The SMILES string of the molecule is C=C(C)C(=O)OCC(CC)(COC(=O)C(=C)C)COC(=O)C(=C)C.C=C(C)C(=O)OCCCCCCOc1ccc(C2CCC(CCCCCCC)CC2)cc1.C=CC(=O)OCCCCCCOc1ccc(C2CCC(C3CCC(CCCCC)CC3)CC2)cc1.C=CC(=O)OCCOCCOc1ccccc1.CCC(Cc1ccccc1)(C(=O)c1ccc(N2CCOCC2)cc1)N(C)C. The number of hydrogen-bond acceptors (Lipinski definition) is 20. The summed E-state index contributed by atoms with van der Waals surface area (Å²) in [6.45, 7) is 42.6. The maximum atomic E-state index is 13.6. The zero-order chi connectivity index (χ0) is 98.3. The Balaban J connectivity index is 0.000000304. The van der Waals surface area contributed by atoms with Crippen LogP contribution in [-0.4, -0.2) is 165 Å². The van der Waals surface area contributed by atoms with Crippen molar-refractivity contribution in [3.63, 3.8) is 0 Å². The van der Waals surface area contributed by atoms with Gasteiger partial charge in [-0.2, -0.15) is 0 Å². The third kappa shape index (κ3) is 46.7. The van der Waals surface area contributed by atoms with Crippen LogP contribution in [-0.2, 0) is 73.1 Å². The summed E-state index contributed by atoms with van der Waals surface area (Å²) in [4.78, 5) is 85.8. The number of rotatable bonds is 56. The number of unbranched alkanes of at least 4 members (excludes halogenated alkanes) is 12. The first-order valence-electron chi connectivity index (χ1n) is 50.5. The number of likely N-dealkylation sites (N-methyl/N-ethyl adjacent to an activating group) is 1. The molecule has 1 heterocycles. The minimum absolute atomic E-state index is 0.0812. The van der Waals surface area contributed by atoms with E-state index in [-0.39, 0.29) is 60.9 Å². The Bertz CT molecular complexity index is 4130. The molecule has 9 rings (SSSR count). The second kappa shape index (κ2) is 68.2. The van der Waals surface area contributed by atoms with Crippen LogP contribution in [0.15, 0.2) is 207 Å². The molecule has 4 fully saturated rings. The minimum Gasteiger partial charge on any atom is -0.494 e. The smallest absolute Gasteiger partial charge is 0.333 e. The minimum atomic E-state index is -0.860. The average molecular weight is 1870 g/mol. The fraction of sp³-hybridized carbons (Fsp3) is 0.574. The molecule has 5 aromatic carbocycles. The number of ketones is 1. The third-order valence-electron chi connectivity index (χ3n) is 26.3. The van der Waals surface area contributed by atoms with Crippen LogP contribution in [0.2, 0.25) is 0 Å². The highest BCUT2D eigenvalue weighted by atomic mass is 16.6. The van der Waals surface area contributed by atoms with Crippen LogP contribution < -0.4 is 19.1 Å². The quantitative estimate of drug-likeness (QED) is 0.0116. The first-order valence-corrected chi connectivity index (χ1v) is 50.5. The van der Waals surface area contributed by atoms with Crippen molar-refractivity contribution in [2.75, 3.05) is 118 Å². The van der Waals surface area contributed by atoms with E-state index in [0.29, 0.717) is 51.4 Å². The Morgan fingerprint density at radius 2 is 0.778 bits per heavy atom. The Kier molecular flexibility index (Phi) is 58.4. The third-order valence-corrected chi connectivity index (χ3v) is 26.3. The second-order valence-electron chi connectivity index (χ2n) is 37.2. The van der Waals surface area contributed by atoms with Gasteiger partial charge in [-0.3, -0.25) is 9.69 Å². The Hall–Kier alpha value is -9.89. The van der Waals surface area contributed by atoms with Gasteiger partial charge in [0.25, 0.3) is 0 Å². The van der Waals surface area contributed by atoms with Gasteiger partial charge in [0, 0.05) is 58.8 Å². The van der Waals surface area contributed by atoms with Gasteiger partial charge in [-0.25, -0.2) is 28.8 Å². The lowest BCUT2D eigenvalue weighted by atomic mass is 9.68. The van der Waals surface area contributed by atoms with Crippen molar-refractivity contribution in [3.8, 4) is 17.2 Å². The number of carbonyl (C=O) groups is 7. The number of ether oxygens (including phenoxy) is 11. The molecule has 20 nitrogen and oxygen atoms in total.